The molecule has 4 aromatic carbocycles. The SMILES string of the molecule is CC(O)c1ccc(-c2ccc(OC(=O)CCCCC(=O)Oc3ccc(-c4ccc(C(C)O)cc4)cc3)cc2)cc1. The van der Waals surface area contributed by atoms with E-state index in [9.17, 15) is 19.8 Å². The second kappa shape index (κ2) is 13.7. The largest absolute Gasteiger partial charge is 0.427 e. The summed E-state index contributed by atoms with van der Waals surface area (Å²) in [6.07, 6.45) is 0.432. The van der Waals surface area contributed by atoms with Crippen molar-refractivity contribution in [1.29, 1.82) is 0 Å². The fourth-order valence-electron chi connectivity index (χ4n) is 4.24. The normalized spacial score (nSPS) is 12.4. The molecular weight excluding hydrogens is 504 g/mol. The maximum atomic E-state index is 12.2. The van der Waals surface area contributed by atoms with Gasteiger partial charge >= 0.3 is 11.9 Å². The van der Waals surface area contributed by atoms with Crippen LogP contribution in [-0.2, 0) is 9.59 Å². The number of carbonyl (C=O) groups is 2. The number of rotatable bonds is 11. The number of ether oxygens (including phenoxy) is 2. The monoisotopic (exact) mass is 538 g/mol. The molecule has 0 fully saturated rings. The molecule has 0 aromatic heterocycles. The summed E-state index contributed by atoms with van der Waals surface area (Å²) < 4.78 is 10.8. The lowest BCUT2D eigenvalue weighted by Gasteiger charge is -2.09. The number of carbonyl (C=O) groups excluding carboxylic acids is 2. The average molecular weight is 539 g/mol. The Morgan fingerprint density at radius 1 is 0.525 bits per heavy atom. The van der Waals surface area contributed by atoms with Crippen molar-refractivity contribution >= 4 is 11.9 Å². The molecule has 0 amide bonds. The molecule has 2 atom stereocenters. The van der Waals surface area contributed by atoms with Gasteiger partial charge in [-0.1, -0.05) is 72.8 Å². The van der Waals surface area contributed by atoms with E-state index in [1.54, 1.807) is 38.1 Å². The lowest BCUT2D eigenvalue weighted by atomic mass is 10.0. The van der Waals surface area contributed by atoms with Gasteiger partial charge in [-0.2, -0.15) is 0 Å². The van der Waals surface area contributed by atoms with E-state index in [0.717, 1.165) is 33.4 Å². The van der Waals surface area contributed by atoms with Crippen molar-refractivity contribution in [2.24, 2.45) is 0 Å². The molecule has 4 aromatic rings. The summed E-state index contributed by atoms with van der Waals surface area (Å²) in [6.45, 7) is 3.46. The van der Waals surface area contributed by atoms with Crippen LogP contribution in [0.2, 0.25) is 0 Å². The summed E-state index contributed by atoms with van der Waals surface area (Å²) in [7, 11) is 0. The first-order valence-electron chi connectivity index (χ1n) is 13.5. The molecule has 0 saturated heterocycles. The van der Waals surface area contributed by atoms with Crippen LogP contribution < -0.4 is 9.47 Å². The zero-order valence-corrected chi connectivity index (χ0v) is 22.7. The van der Waals surface area contributed by atoms with Crippen LogP contribution in [0.25, 0.3) is 22.3 Å². The zero-order valence-electron chi connectivity index (χ0n) is 22.7. The van der Waals surface area contributed by atoms with Gasteiger partial charge in [0.05, 0.1) is 12.2 Å². The molecule has 2 N–H and O–H groups in total. The highest BCUT2D eigenvalue weighted by Crippen LogP contribution is 2.26. The van der Waals surface area contributed by atoms with Crippen molar-refractivity contribution in [2.45, 2.75) is 51.7 Å². The number of unbranched alkanes of at least 4 members (excludes halogenated alkanes) is 1. The minimum atomic E-state index is -0.508. The second-order valence-electron chi connectivity index (χ2n) is 9.80. The Kier molecular flexibility index (Phi) is 9.84. The molecule has 6 heteroatoms. The van der Waals surface area contributed by atoms with Gasteiger partial charge in [-0.05, 0) is 84.3 Å². The Labute approximate surface area is 234 Å². The fourth-order valence-corrected chi connectivity index (χ4v) is 4.24. The molecule has 0 aliphatic heterocycles. The Balaban J connectivity index is 1.16. The molecule has 6 nitrogen and oxygen atoms in total. The molecule has 0 heterocycles. The standard InChI is InChI=1S/C34H34O6/c1-23(35)25-7-11-27(12-8-25)29-15-19-31(20-16-29)39-33(37)5-3-4-6-34(38)40-32-21-17-30(18-22-32)28-13-9-26(10-14-28)24(2)36/h7-24,35-36H,3-6H2,1-2H3. The van der Waals surface area contributed by atoms with Gasteiger partial charge < -0.3 is 19.7 Å². The molecule has 2 unspecified atom stereocenters. The van der Waals surface area contributed by atoms with E-state index in [-0.39, 0.29) is 24.8 Å². The fraction of sp³-hybridized carbons (Fsp3) is 0.235. The van der Waals surface area contributed by atoms with Gasteiger partial charge in [0.25, 0.3) is 0 Å². The first-order valence-corrected chi connectivity index (χ1v) is 13.5. The van der Waals surface area contributed by atoms with E-state index < -0.39 is 12.2 Å². The Morgan fingerprint density at radius 3 is 1.07 bits per heavy atom. The third-order valence-electron chi connectivity index (χ3n) is 6.64. The van der Waals surface area contributed by atoms with E-state index in [0.29, 0.717) is 24.3 Å². The van der Waals surface area contributed by atoms with Crippen molar-refractivity contribution in [1.82, 2.24) is 0 Å². The number of esters is 2. The highest BCUT2D eigenvalue weighted by molar-refractivity contribution is 5.74. The molecule has 4 rings (SSSR count). The number of benzene rings is 4. The van der Waals surface area contributed by atoms with Gasteiger partial charge in [-0.25, -0.2) is 0 Å². The van der Waals surface area contributed by atoms with Crippen LogP contribution in [0, 0.1) is 0 Å². The molecular formula is C34H34O6. The van der Waals surface area contributed by atoms with E-state index in [1.807, 2.05) is 72.8 Å². The summed E-state index contributed by atoms with van der Waals surface area (Å²) in [6, 6.07) is 29.9. The number of aliphatic hydroxyl groups is 2. The van der Waals surface area contributed by atoms with Gasteiger partial charge in [-0.15, -0.1) is 0 Å². The average Bonchev–Trinajstić information content (AvgIpc) is 2.96. The third kappa shape index (κ3) is 8.12. The van der Waals surface area contributed by atoms with Crippen molar-refractivity contribution in [3.05, 3.63) is 108 Å². The number of aliphatic hydroxyl groups excluding tert-OH is 2. The summed E-state index contributed by atoms with van der Waals surface area (Å²) >= 11 is 0. The predicted molar refractivity (Wildman–Crippen MR) is 155 cm³/mol. The van der Waals surface area contributed by atoms with E-state index in [4.69, 9.17) is 9.47 Å². The molecule has 0 bridgehead atoms. The van der Waals surface area contributed by atoms with Crippen LogP contribution in [0.5, 0.6) is 11.5 Å². The van der Waals surface area contributed by atoms with Gasteiger partial charge in [0.15, 0.2) is 0 Å². The van der Waals surface area contributed by atoms with Crippen molar-refractivity contribution in [3.8, 4) is 33.8 Å². The molecule has 0 radical (unpaired) electrons. The van der Waals surface area contributed by atoms with Crippen molar-refractivity contribution in [3.63, 3.8) is 0 Å². The zero-order chi connectivity index (χ0) is 28.5. The quantitative estimate of drug-likeness (QED) is 0.119. The molecule has 0 spiro atoms. The number of hydrogen-bond acceptors (Lipinski definition) is 6. The topological polar surface area (TPSA) is 93.1 Å². The van der Waals surface area contributed by atoms with Gasteiger partial charge in [0, 0.05) is 12.8 Å². The first kappa shape index (κ1) is 28.7. The smallest absolute Gasteiger partial charge is 0.311 e. The highest BCUT2D eigenvalue weighted by atomic mass is 16.5. The molecule has 0 aliphatic rings. The molecule has 0 aliphatic carbocycles. The summed E-state index contributed by atoms with van der Waals surface area (Å²) in [5, 5.41) is 19.3. The Morgan fingerprint density at radius 2 is 0.800 bits per heavy atom. The molecule has 206 valence electrons. The lowest BCUT2D eigenvalue weighted by Crippen LogP contribution is -2.10. The van der Waals surface area contributed by atoms with Crippen LogP contribution in [0.1, 0.15) is 62.9 Å². The molecule has 0 saturated carbocycles. The highest BCUT2D eigenvalue weighted by Gasteiger charge is 2.10. The van der Waals surface area contributed by atoms with E-state index >= 15 is 0 Å². The molecule has 40 heavy (non-hydrogen) atoms. The third-order valence-corrected chi connectivity index (χ3v) is 6.64. The Bertz CT molecular complexity index is 1280. The minimum absolute atomic E-state index is 0.207. The second-order valence-corrected chi connectivity index (χ2v) is 9.80. The number of hydrogen-bond donors (Lipinski definition) is 2. The van der Waals surface area contributed by atoms with Crippen molar-refractivity contribution < 1.29 is 29.3 Å². The van der Waals surface area contributed by atoms with Crippen LogP contribution in [0.15, 0.2) is 97.1 Å². The predicted octanol–water partition coefficient (Wildman–Crippen LogP) is 7.20. The van der Waals surface area contributed by atoms with Crippen LogP contribution in [0.4, 0.5) is 0 Å². The summed E-state index contributed by atoms with van der Waals surface area (Å²) in [4.78, 5) is 24.5. The Hall–Kier alpha value is -4.26. The van der Waals surface area contributed by atoms with E-state index in [1.165, 1.54) is 0 Å². The maximum Gasteiger partial charge on any atom is 0.311 e. The van der Waals surface area contributed by atoms with Gasteiger partial charge in [0.2, 0.25) is 0 Å². The van der Waals surface area contributed by atoms with Crippen LogP contribution in [0.3, 0.4) is 0 Å². The minimum Gasteiger partial charge on any atom is -0.427 e. The first-order chi connectivity index (χ1) is 19.3. The lowest BCUT2D eigenvalue weighted by molar-refractivity contribution is -0.136. The summed E-state index contributed by atoms with van der Waals surface area (Å²) in [5.74, 6) is 0.242. The maximum absolute atomic E-state index is 12.2. The van der Waals surface area contributed by atoms with Gasteiger partial charge in [0.1, 0.15) is 11.5 Å². The van der Waals surface area contributed by atoms with Crippen LogP contribution in [-0.4, -0.2) is 22.2 Å². The van der Waals surface area contributed by atoms with Crippen LogP contribution >= 0.6 is 0 Å². The van der Waals surface area contributed by atoms with Crippen molar-refractivity contribution in [2.75, 3.05) is 0 Å². The summed E-state index contributed by atoms with van der Waals surface area (Å²) in [5.41, 5.74) is 5.69. The van der Waals surface area contributed by atoms with Gasteiger partial charge in [-0.3, -0.25) is 9.59 Å². The van der Waals surface area contributed by atoms with E-state index in [2.05, 4.69) is 0 Å².